The van der Waals surface area contributed by atoms with E-state index in [1.807, 2.05) is 5.43 Å². The molecule has 0 atom stereocenters. The van der Waals surface area contributed by atoms with E-state index in [0.29, 0.717) is 17.1 Å². The van der Waals surface area contributed by atoms with Gasteiger partial charge in [0, 0.05) is 19.8 Å². The summed E-state index contributed by atoms with van der Waals surface area (Å²) in [6, 6.07) is 9.38. The first-order valence-corrected chi connectivity index (χ1v) is 10.0. The van der Waals surface area contributed by atoms with Crippen LogP contribution in [0.15, 0.2) is 46.6 Å². The molecule has 0 unspecified atom stereocenters. The second-order valence-electron chi connectivity index (χ2n) is 6.65. The highest BCUT2D eigenvalue weighted by Gasteiger charge is 2.05. The van der Waals surface area contributed by atoms with Crippen LogP contribution in [0.4, 0.5) is 0 Å². The summed E-state index contributed by atoms with van der Waals surface area (Å²) in [5.74, 6) is 4.56. The highest BCUT2D eigenvalue weighted by atomic mass is 16.5. The zero-order valence-electron chi connectivity index (χ0n) is 19.4. The van der Waals surface area contributed by atoms with Crippen molar-refractivity contribution in [3.8, 4) is 23.0 Å². The molecule has 2 rings (SSSR count). The summed E-state index contributed by atoms with van der Waals surface area (Å²) in [7, 11) is 2.89. The third-order valence-electron chi connectivity index (χ3n) is 3.99. The van der Waals surface area contributed by atoms with Gasteiger partial charge in [0.25, 0.3) is 0 Å². The number of nitrogens with two attached hydrogens (primary N) is 1. The number of carbonyl (C=O) groups is 3. The molecule has 13 heteroatoms. The molecule has 0 radical (unpaired) electrons. The Kier molecular flexibility index (Phi) is 12.4. The smallest absolute Gasteiger partial charge is 0.240 e. The number of hydrazone groups is 2. The maximum Gasteiger partial charge on any atom is 0.240 e. The number of benzene rings is 2. The normalized spacial score (nSPS) is 10.3. The SMILES string of the molecule is COc1cc(/C=N/NC(=O)CCC(=O)NN)ccc1O.COc1cc(/C=N/NC(C)=O)ccc1O. The molecule has 188 valence electrons. The van der Waals surface area contributed by atoms with E-state index in [-0.39, 0.29) is 30.2 Å². The topological polar surface area (TPSA) is 197 Å². The fourth-order valence-electron chi connectivity index (χ4n) is 2.28. The number of rotatable bonds is 9. The van der Waals surface area contributed by atoms with Gasteiger partial charge in [-0.25, -0.2) is 16.7 Å². The number of hydrazine groups is 1. The van der Waals surface area contributed by atoms with Crippen molar-refractivity contribution in [2.75, 3.05) is 14.2 Å². The first-order chi connectivity index (χ1) is 16.7. The van der Waals surface area contributed by atoms with E-state index in [4.69, 9.17) is 15.3 Å². The van der Waals surface area contributed by atoms with Gasteiger partial charge >= 0.3 is 0 Å². The Balaban J connectivity index is 0.000000365. The van der Waals surface area contributed by atoms with Crippen molar-refractivity contribution in [2.24, 2.45) is 16.0 Å². The lowest BCUT2D eigenvalue weighted by atomic mass is 10.2. The molecule has 0 saturated heterocycles. The molecule has 0 aliphatic carbocycles. The average molecular weight is 489 g/mol. The van der Waals surface area contributed by atoms with E-state index < -0.39 is 11.8 Å². The van der Waals surface area contributed by atoms with Gasteiger partial charge in [-0.05, 0) is 47.5 Å². The molecular weight excluding hydrogens is 460 g/mol. The molecule has 0 bridgehead atoms. The highest BCUT2D eigenvalue weighted by Crippen LogP contribution is 2.26. The number of nitrogens with one attached hydrogen (secondary N) is 3. The van der Waals surface area contributed by atoms with Crippen molar-refractivity contribution < 1.29 is 34.1 Å². The summed E-state index contributed by atoms with van der Waals surface area (Å²) < 4.78 is 9.85. The molecule has 0 saturated carbocycles. The monoisotopic (exact) mass is 488 g/mol. The van der Waals surface area contributed by atoms with Crippen LogP contribution in [0.25, 0.3) is 0 Å². The molecule has 0 aliphatic rings. The highest BCUT2D eigenvalue weighted by molar-refractivity contribution is 5.85. The van der Waals surface area contributed by atoms with Gasteiger partial charge in [0.2, 0.25) is 17.7 Å². The number of amides is 3. The molecule has 0 spiro atoms. The predicted molar refractivity (Wildman–Crippen MR) is 128 cm³/mol. The first-order valence-electron chi connectivity index (χ1n) is 10.0. The van der Waals surface area contributed by atoms with E-state index in [9.17, 15) is 24.6 Å². The lowest BCUT2D eigenvalue weighted by molar-refractivity contribution is -0.126. The first kappa shape index (κ1) is 28.4. The number of phenolic OH excluding ortho intramolecular Hbond substituents is 2. The fraction of sp³-hybridized carbons (Fsp3) is 0.227. The van der Waals surface area contributed by atoms with E-state index in [0.717, 1.165) is 5.56 Å². The van der Waals surface area contributed by atoms with Crippen molar-refractivity contribution in [3.63, 3.8) is 0 Å². The number of phenols is 2. The van der Waals surface area contributed by atoms with Crippen LogP contribution in [-0.2, 0) is 14.4 Å². The minimum absolute atomic E-state index is 0.00904. The van der Waals surface area contributed by atoms with E-state index in [1.165, 1.54) is 45.7 Å². The van der Waals surface area contributed by atoms with Crippen LogP contribution < -0.4 is 31.6 Å². The summed E-state index contributed by atoms with van der Waals surface area (Å²) in [6.07, 6.45) is 2.83. The van der Waals surface area contributed by atoms with Gasteiger partial charge in [0.05, 0.1) is 26.6 Å². The zero-order chi connectivity index (χ0) is 26.2. The maximum absolute atomic E-state index is 11.3. The molecule has 7 N–H and O–H groups in total. The minimum Gasteiger partial charge on any atom is -0.504 e. The van der Waals surface area contributed by atoms with Crippen molar-refractivity contribution in [2.45, 2.75) is 19.8 Å². The number of aromatic hydroxyl groups is 2. The van der Waals surface area contributed by atoms with Crippen molar-refractivity contribution in [1.29, 1.82) is 0 Å². The number of hydrogen-bond donors (Lipinski definition) is 6. The molecule has 2 aromatic carbocycles. The molecule has 13 nitrogen and oxygen atoms in total. The van der Waals surface area contributed by atoms with Gasteiger partial charge in [0.15, 0.2) is 23.0 Å². The van der Waals surface area contributed by atoms with Gasteiger partial charge in [-0.15, -0.1) is 0 Å². The molecule has 35 heavy (non-hydrogen) atoms. The number of carbonyl (C=O) groups excluding carboxylic acids is 3. The van der Waals surface area contributed by atoms with E-state index in [2.05, 4.69) is 21.1 Å². The molecule has 0 aromatic heterocycles. The molecular formula is C22H28N6O7. The van der Waals surface area contributed by atoms with Crippen LogP contribution in [-0.4, -0.2) is 54.6 Å². The lowest BCUT2D eigenvalue weighted by Gasteiger charge is -2.03. The summed E-state index contributed by atoms with van der Waals surface area (Å²) in [6.45, 7) is 1.37. The van der Waals surface area contributed by atoms with E-state index in [1.54, 1.807) is 24.3 Å². The van der Waals surface area contributed by atoms with Gasteiger partial charge in [-0.2, -0.15) is 10.2 Å². The average Bonchev–Trinajstić information content (AvgIpc) is 2.84. The quantitative estimate of drug-likeness (QED) is 0.127. The molecule has 0 fully saturated rings. The molecule has 0 aliphatic heterocycles. The minimum atomic E-state index is -0.424. The molecule has 0 heterocycles. The molecule has 2 aromatic rings. The Morgan fingerprint density at radius 2 is 1.31 bits per heavy atom. The van der Waals surface area contributed by atoms with Crippen molar-refractivity contribution in [1.82, 2.24) is 16.3 Å². The Bertz CT molecular complexity index is 1070. The van der Waals surface area contributed by atoms with Crippen LogP contribution in [0.3, 0.4) is 0 Å². The summed E-state index contributed by atoms with van der Waals surface area (Å²) in [5.41, 5.74) is 7.83. The van der Waals surface area contributed by atoms with Crippen LogP contribution in [0.5, 0.6) is 23.0 Å². The van der Waals surface area contributed by atoms with E-state index >= 15 is 0 Å². The van der Waals surface area contributed by atoms with Gasteiger partial charge < -0.3 is 19.7 Å². The fourth-order valence-corrected chi connectivity index (χ4v) is 2.28. The number of methoxy groups -OCH3 is 2. The molecule has 3 amide bonds. The Hall–Kier alpha value is -4.65. The Morgan fingerprint density at radius 1 is 0.857 bits per heavy atom. The largest absolute Gasteiger partial charge is 0.504 e. The van der Waals surface area contributed by atoms with Crippen LogP contribution >= 0.6 is 0 Å². The van der Waals surface area contributed by atoms with Gasteiger partial charge in [-0.1, -0.05) is 0 Å². The second kappa shape index (κ2) is 15.2. The third-order valence-corrected chi connectivity index (χ3v) is 3.99. The van der Waals surface area contributed by atoms with Crippen molar-refractivity contribution in [3.05, 3.63) is 47.5 Å². The second-order valence-corrected chi connectivity index (χ2v) is 6.65. The Labute approximate surface area is 201 Å². The van der Waals surface area contributed by atoms with Crippen LogP contribution in [0.1, 0.15) is 30.9 Å². The number of hydrogen-bond acceptors (Lipinski definition) is 10. The summed E-state index contributed by atoms with van der Waals surface area (Å²) in [4.78, 5) is 32.7. The third kappa shape index (κ3) is 11.2. The predicted octanol–water partition coefficient (Wildman–Crippen LogP) is 0.492. The Morgan fingerprint density at radius 3 is 1.74 bits per heavy atom. The summed E-state index contributed by atoms with van der Waals surface area (Å²) in [5, 5.41) is 26.1. The van der Waals surface area contributed by atoms with Gasteiger partial charge in [0.1, 0.15) is 0 Å². The maximum atomic E-state index is 11.3. The number of nitrogens with zero attached hydrogens (tertiary/aromatic N) is 2. The summed E-state index contributed by atoms with van der Waals surface area (Å²) >= 11 is 0. The van der Waals surface area contributed by atoms with Crippen LogP contribution in [0, 0.1) is 0 Å². The van der Waals surface area contributed by atoms with Crippen LogP contribution in [0.2, 0.25) is 0 Å². The standard InChI is InChI=1S/C12H16N4O4.C10H12N2O3/c1-20-10-6-8(2-3-9(10)17)7-14-16-12(19)5-4-11(18)15-13;1-7(13)12-11-6-8-3-4-9(14)10(5-8)15-2/h2-3,6-7,17H,4-5,13H2,1H3,(H,15,18)(H,16,19);3-6,14H,1-2H3,(H,12,13)/b14-7+;11-6+. The van der Waals surface area contributed by atoms with Gasteiger partial charge in [-0.3, -0.25) is 19.8 Å². The lowest BCUT2D eigenvalue weighted by Crippen LogP contribution is -2.31. The zero-order valence-corrected chi connectivity index (χ0v) is 19.4. The van der Waals surface area contributed by atoms with Crippen molar-refractivity contribution >= 4 is 30.2 Å². The number of ether oxygens (including phenoxy) is 2.